The zero-order chi connectivity index (χ0) is 24.2. The van der Waals surface area contributed by atoms with Crippen molar-refractivity contribution in [3.8, 4) is 0 Å². The van der Waals surface area contributed by atoms with Gasteiger partial charge in [-0.05, 0) is 94.6 Å². The molecule has 1 heterocycles. The molecule has 0 aromatic carbocycles. The number of aromatic carboxylic acids is 1. The zero-order valence-corrected chi connectivity index (χ0v) is 21.0. The van der Waals surface area contributed by atoms with Gasteiger partial charge in [0.1, 0.15) is 10.7 Å². The minimum Gasteiger partial charge on any atom is -0.477 e. The number of amidine groups is 1. The van der Waals surface area contributed by atoms with Crippen LogP contribution in [0.5, 0.6) is 0 Å². The van der Waals surface area contributed by atoms with Crippen molar-refractivity contribution in [2.45, 2.75) is 90.0 Å². The fourth-order valence-corrected chi connectivity index (χ4v) is 6.92. The average Bonchev–Trinajstić information content (AvgIpc) is 3.30. The van der Waals surface area contributed by atoms with Crippen molar-refractivity contribution >= 4 is 40.3 Å². The largest absolute Gasteiger partial charge is 0.477 e. The van der Waals surface area contributed by atoms with Crippen molar-refractivity contribution in [1.82, 2.24) is 0 Å². The van der Waals surface area contributed by atoms with E-state index in [9.17, 15) is 14.7 Å². The second kappa shape index (κ2) is 10.9. The number of carbonyl (C=O) groups excluding carboxylic acids is 1. The van der Waals surface area contributed by atoms with Crippen molar-refractivity contribution < 1.29 is 14.7 Å². The molecular weight excluding hydrogens is 448 g/mol. The van der Waals surface area contributed by atoms with Gasteiger partial charge in [0.25, 0.3) is 0 Å². The molecule has 0 unspecified atom stereocenters. The number of amides is 1. The molecular formula is C26H38N4O3S. The van der Waals surface area contributed by atoms with Gasteiger partial charge in [0.2, 0.25) is 5.91 Å². The Hall–Kier alpha value is -2.35. The number of nitrogens with zero attached hydrogens (tertiary/aromatic N) is 2. The Morgan fingerprint density at radius 2 is 1.74 bits per heavy atom. The minimum absolute atomic E-state index is 0.0328. The lowest BCUT2D eigenvalue weighted by Gasteiger charge is -2.39. The number of hydrogen-bond donors (Lipinski definition) is 3. The first-order valence-electron chi connectivity index (χ1n) is 12.8. The normalized spacial score (nSPS) is 28.3. The molecule has 7 nitrogen and oxygen atoms in total. The van der Waals surface area contributed by atoms with E-state index in [1.807, 2.05) is 11.0 Å². The van der Waals surface area contributed by atoms with E-state index in [-0.39, 0.29) is 28.7 Å². The van der Waals surface area contributed by atoms with Crippen LogP contribution in [-0.2, 0) is 4.79 Å². The number of hydrogen-bond acceptors (Lipinski definition) is 5. The van der Waals surface area contributed by atoms with Crippen molar-refractivity contribution in [2.24, 2.45) is 34.4 Å². The van der Waals surface area contributed by atoms with Crippen molar-refractivity contribution in [3.63, 3.8) is 0 Å². The molecule has 34 heavy (non-hydrogen) atoms. The molecule has 0 spiro atoms. The van der Waals surface area contributed by atoms with Crippen LogP contribution in [0.2, 0.25) is 0 Å². The molecule has 3 aliphatic rings. The Morgan fingerprint density at radius 1 is 1.06 bits per heavy atom. The SMILES string of the molecule is CC1CCC(C(=O)N(c2cc(C3=CCCCC3)sc2C(=O)O)C2CCC(/C(N)=N/N)CC2)CC1. The summed E-state index contributed by atoms with van der Waals surface area (Å²) >= 11 is 1.32. The highest BCUT2D eigenvalue weighted by Crippen LogP contribution is 2.42. The molecule has 0 aliphatic heterocycles. The van der Waals surface area contributed by atoms with E-state index in [1.54, 1.807) is 0 Å². The van der Waals surface area contributed by atoms with Crippen LogP contribution in [0.1, 0.15) is 98.5 Å². The number of carboxylic acids is 1. The number of nitrogens with two attached hydrogens (primary N) is 2. The third-order valence-corrected chi connectivity index (χ3v) is 9.19. The van der Waals surface area contributed by atoms with E-state index >= 15 is 0 Å². The monoisotopic (exact) mass is 486 g/mol. The van der Waals surface area contributed by atoms with Crippen LogP contribution in [0.15, 0.2) is 17.2 Å². The lowest BCUT2D eigenvalue weighted by Crippen LogP contribution is -2.47. The summed E-state index contributed by atoms with van der Waals surface area (Å²) in [4.78, 5) is 29.5. The second-order valence-electron chi connectivity index (χ2n) is 10.3. The Balaban J connectivity index is 1.68. The van der Waals surface area contributed by atoms with E-state index in [1.165, 1.54) is 23.3 Å². The average molecular weight is 487 g/mol. The van der Waals surface area contributed by atoms with Crippen molar-refractivity contribution in [3.05, 3.63) is 21.9 Å². The first kappa shape index (κ1) is 24.8. The van der Waals surface area contributed by atoms with Gasteiger partial charge < -0.3 is 21.6 Å². The number of anilines is 1. The van der Waals surface area contributed by atoms with E-state index in [0.29, 0.717) is 17.4 Å². The van der Waals surface area contributed by atoms with Gasteiger partial charge in [-0.15, -0.1) is 11.3 Å². The molecule has 1 amide bonds. The third kappa shape index (κ3) is 5.32. The van der Waals surface area contributed by atoms with Crippen LogP contribution in [0.25, 0.3) is 5.57 Å². The molecule has 3 aliphatic carbocycles. The maximum Gasteiger partial charge on any atom is 0.348 e. The third-order valence-electron chi connectivity index (χ3n) is 8.01. The number of carboxylic acid groups (broad SMARTS) is 1. The van der Waals surface area contributed by atoms with Crippen LogP contribution in [0.3, 0.4) is 0 Å². The summed E-state index contributed by atoms with van der Waals surface area (Å²) in [6.45, 7) is 2.24. The number of carbonyl (C=O) groups is 2. The summed E-state index contributed by atoms with van der Waals surface area (Å²) in [5, 5.41) is 13.8. The fourth-order valence-electron chi connectivity index (χ4n) is 5.87. The topological polar surface area (TPSA) is 122 Å². The highest BCUT2D eigenvalue weighted by atomic mass is 32.1. The molecule has 0 saturated heterocycles. The smallest absolute Gasteiger partial charge is 0.348 e. The minimum atomic E-state index is -0.953. The molecule has 1 aromatic heterocycles. The maximum absolute atomic E-state index is 14.0. The number of allylic oxidation sites excluding steroid dienone is 2. The van der Waals surface area contributed by atoms with Gasteiger partial charge in [0.05, 0.1) is 5.69 Å². The zero-order valence-electron chi connectivity index (χ0n) is 20.2. The summed E-state index contributed by atoms with van der Waals surface area (Å²) in [5.74, 6) is 5.74. The van der Waals surface area contributed by atoms with Gasteiger partial charge >= 0.3 is 5.97 Å². The first-order chi connectivity index (χ1) is 16.4. The highest BCUT2D eigenvalue weighted by molar-refractivity contribution is 7.15. The molecule has 186 valence electrons. The van der Waals surface area contributed by atoms with E-state index in [0.717, 1.165) is 75.5 Å². The molecule has 1 aromatic rings. The van der Waals surface area contributed by atoms with Crippen LogP contribution >= 0.6 is 11.3 Å². The molecule has 0 radical (unpaired) electrons. The highest BCUT2D eigenvalue weighted by Gasteiger charge is 2.38. The molecule has 8 heteroatoms. The van der Waals surface area contributed by atoms with E-state index < -0.39 is 5.97 Å². The number of rotatable bonds is 6. The van der Waals surface area contributed by atoms with Crippen LogP contribution in [-0.4, -0.2) is 28.9 Å². The van der Waals surface area contributed by atoms with Gasteiger partial charge in [-0.2, -0.15) is 5.10 Å². The fraction of sp³-hybridized carbons (Fsp3) is 0.654. The Kier molecular flexibility index (Phi) is 7.96. The van der Waals surface area contributed by atoms with E-state index in [2.05, 4.69) is 18.1 Å². The number of hydrazone groups is 1. The Morgan fingerprint density at radius 3 is 2.32 bits per heavy atom. The van der Waals surface area contributed by atoms with Gasteiger partial charge in [-0.25, -0.2) is 4.79 Å². The van der Waals surface area contributed by atoms with Crippen LogP contribution in [0, 0.1) is 17.8 Å². The lowest BCUT2D eigenvalue weighted by atomic mass is 9.80. The van der Waals surface area contributed by atoms with Crippen molar-refractivity contribution in [2.75, 3.05) is 4.90 Å². The number of thiophene rings is 1. The van der Waals surface area contributed by atoms with Gasteiger partial charge in [-0.3, -0.25) is 4.79 Å². The van der Waals surface area contributed by atoms with E-state index in [4.69, 9.17) is 11.6 Å². The molecule has 4 rings (SSSR count). The lowest BCUT2D eigenvalue weighted by molar-refractivity contribution is -0.124. The van der Waals surface area contributed by atoms with Crippen LogP contribution in [0.4, 0.5) is 5.69 Å². The van der Waals surface area contributed by atoms with Gasteiger partial charge in [0.15, 0.2) is 0 Å². The quantitative estimate of drug-likeness (QED) is 0.216. The predicted octanol–water partition coefficient (Wildman–Crippen LogP) is 5.35. The van der Waals surface area contributed by atoms with Crippen LogP contribution < -0.4 is 16.5 Å². The predicted molar refractivity (Wildman–Crippen MR) is 138 cm³/mol. The summed E-state index contributed by atoms with van der Waals surface area (Å²) in [5.41, 5.74) is 7.79. The van der Waals surface area contributed by atoms with Gasteiger partial charge in [-0.1, -0.05) is 13.0 Å². The second-order valence-corrected chi connectivity index (χ2v) is 11.4. The summed E-state index contributed by atoms with van der Waals surface area (Å²) in [6.07, 6.45) is 13.5. The van der Waals surface area contributed by atoms with Gasteiger partial charge in [0, 0.05) is 22.8 Å². The molecule has 5 N–H and O–H groups in total. The summed E-state index contributed by atoms with van der Waals surface area (Å²) in [7, 11) is 0. The molecule has 0 bridgehead atoms. The standard InChI is InChI=1S/C26H38N4O3S/c1-16-7-9-19(10-8-16)25(31)30(20-13-11-18(12-14-20)24(27)29-28)21-15-22(34-23(21)26(32)33)17-5-3-2-4-6-17/h5,15-16,18-20H,2-4,6-14,28H2,1H3,(H2,27,29)(H,32,33). The molecule has 2 saturated carbocycles. The first-order valence-corrected chi connectivity index (χ1v) is 13.6. The Bertz CT molecular complexity index is 953. The maximum atomic E-state index is 14.0. The molecule has 2 fully saturated rings. The Labute approximate surface area is 206 Å². The summed E-state index contributed by atoms with van der Waals surface area (Å²) < 4.78 is 0. The van der Waals surface area contributed by atoms with Crippen molar-refractivity contribution in [1.29, 1.82) is 0 Å². The summed E-state index contributed by atoms with van der Waals surface area (Å²) in [6, 6.07) is 1.95. The molecule has 0 atom stereocenters.